The summed E-state index contributed by atoms with van der Waals surface area (Å²) in [6.45, 7) is 4.76. The van der Waals surface area contributed by atoms with Gasteiger partial charge in [0.2, 0.25) is 0 Å². The number of benzene rings is 9. The van der Waals surface area contributed by atoms with Gasteiger partial charge in [0.25, 0.3) is 0 Å². The Bertz CT molecular complexity index is 2850. The van der Waals surface area contributed by atoms with Gasteiger partial charge in [0.05, 0.1) is 0 Å². The standard InChI is InChI=1S/C48H32/c1-48(2)43-24-19-28-9-3-4-10-34(28)46(43)41-23-16-30(27-44(41)48)29-15-20-33-31(25-29)17-21-40-42(33)26-32-18-22-39-37-13-6-5-11-35(37)36-12-7-8-14-38(36)47(39)45(32)40/h3-25,27H,26H2,1-2H3. The first-order valence-corrected chi connectivity index (χ1v) is 17.1. The Morgan fingerprint density at radius 2 is 1.02 bits per heavy atom. The zero-order valence-corrected chi connectivity index (χ0v) is 27.1. The molecule has 9 aromatic carbocycles. The van der Waals surface area contributed by atoms with Crippen molar-refractivity contribution in [1.29, 1.82) is 0 Å². The molecule has 0 aromatic heterocycles. The molecule has 0 amide bonds. The van der Waals surface area contributed by atoms with Crippen LogP contribution < -0.4 is 0 Å². The van der Waals surface area contributed by atoms with Crippen molar-refractivity contribution in [2.45, 2.75) is 25.7 Å². The molecule has 0 heterocycles. The van der Waals surface area contributed by atoms with Gasteiger partial charge in [-0.2, -0.15) is 0 Å². The quantitative estimate of drug-likeness (QED) is 0.163. The topological polar surface area (TPSA) is 0 Å². The van der Waals surface area contributed by atoms with Crippen LogP contribution in [0.2, 0.25) is 0 Å². The lowest BCUT2D eigenvalue weighted by atomic mass is 9.81. The van der Waals surface area contributed by atoms with Crippen LogP contribution in [0, 0.1) is 0 Å². The van der Waals surface area contributed by atoms with E-state index in [1.165, 1.54) is 109 Å². The number of rotatable bonds is 1. The van der Waals surface area contributed by atoms with E-state index in [4.69, 9.17) is 0 Å². The Kier molecular flexibility index (Phi) is 5.06. The molecule has 0 aliphatic heterocycles. The molecular formula is C48H32. The summed E-state index contributed by atoms with van der Waals surface area (Å²) < 4.78 is 0. The molecule has 0 nitrogen and oxygen atoms in total. The van der Waals surface area contributed by atoms with Crippen molar-refractivity contribution in [2.24, 2.45) is 0 Å². The van der Waals surface area contributed by atoms with Crippen LogP contribution in [-0.4, -0.2) is 0 Å². The monoisotopic (exact) mass is 608 g/mol. The number of hydrogen-bond donors (Lipinski definition) is 0. The summed E-state index contributed by atoms with van der Waals surface area (Å²) in [7, 11) is 0. The Hall–Kier alpha value is -5.72. The van der Waals surface area contributed by atoms with Crippen LogP contribution in [0.15, 0.2) is 146 Å². The molecule has 0 spiro atoms. The molecule has 2 aliphatic rings. The van der Waals surface area contributed by atoms with E-state index in [0.29, 0.717) is 0 Å². The van der Waals surface area contributed by atoms with Crippen molar-refractivity contribution < 1.29 is 0 Å². The lowest BCUT2D eigenvalue weighted by Crippen LogP contribution is -2.15. The van der Waals surface area contributed by atoms with Crippen LogP contribution in [0.5, 0.6) is 0 Å². The molecule has 0 saturated heterocycles. The minimum absolute atomic E-state index is 0.0492. The Labute approximate surface area is 279 Å². The Morgan fingerprint density at radius 3 is 1.83 bits per heavy atom. The molecule has 0 radical (unpaired) electrons. The molecule has 9 aromatic rings. The van der Waals surface area contributed by atoms with Crippen LogP contribution in [0.4, 0.5) is 0 Å². The van der Waals surface area contributed by atoms with Gasteiger partial charge in [0, 0.05) is 5.41 Å². The summed E-state index contributed by atoms with van der Waals surface area (Å²) in [5.74, 6) is 0. The fraction of sp³-hybridized carbons (Fsp3) is 0.0833. The zero-order chi connectivity index (χ0) is 31.7. The van der Waals surface area contributed by atoms with Gasteiger partial charge in [0.1, 0.15) is 0 Å². The van der Waals surface area contributed by atoms with Gasteiger partial charge < -0.3 is 0 Å². The van der Waals surface area contributed by atoms with Gasteiger partial charge >= 0.3 is 0 Å². The first-order chi connectivity index (χ1) is 23.6. The van der Waals surface area contributed by atoms with E-state index in [0.717, 1.165) is 6.42 Å². The molecule has 2 aliphatic carbocycles. The van der Waals surface area contributed by atoms with E-state index in [-0.39, 0.29) is 5.41 Å². The smallest absolute Gasteiger partial charge is 0.0159 e. The van der Waals surface area contributed by atoms with Crippen molar-refractivity contribution in [3.05, 3.63) is 168 Å². The predicted octanol–water partition coefficient (Wildman–Crippen LogP) is 13.0. The Morgan fingerprint density at radius 1 is 0.417 bits per heavy atom. The first kappa shape index (κ1) is 26.4. The van der Waals surface area contributed by atoms with Crippen LogP contribution in [0.1, 0.15) is 36.1 Å². The highest BCUT2D eigenvalue weighted by Gasteiger charge is 2.36. The second-order valence-corrected chi connectivity index (χ2v) is 14.4. The fourth-order valence-electron chi connectivity index (χ4n) is 9.37. The molecule has 0 heteroatoms. The molecule has 0 atom stereocenters. The second kappa shape index (κ2) is 9.21. The van der Waals surface area contributed by atoms with Crippen LogP contribution in [0.25, 0.3) is 87.2 Å². The number of hydrogen-bond acceptors (Lipinski definition) is 0. The maximum Gasteiger partial charge on any atom is 0.0159 e. The van der Waals surface area contributed by atoms with E-state index >= 15 is 0 Å². The van der Waals surface area contributed by atoms with Gasteiger partial charge in [0.15, 0.2) is 0 Å². The highest BCUT2D eigenvalue weighted by atomic mass is 14.4. The zero-order valence-electron chi connectivity index (χ0n) is 27.1. The molecular weight excluding hydrogens is 577 g/mol. The predicted molar refractivity (Wildman–Crippen MR) is 205 cm³/mol. The first-order valence-electron chi connectivity index (χ1n) is 17.1. The largest absolute Gasteiger partial charge is 0.0616 e. The summed E-state index contributed by atoms with van der Waals surface area (Å²) in [5, 5.41) is 13.4. The summed E-state index contributed by atoms with van der Waals surface area (Å²) in [4.78, 5) is 0. The van der Waals surface area contributed by atoms with Crippen molar-refractivity contribution in [1.82, 2.24) is 0 Å². The molecule has 48 heavy (non-hydrogen) atoms. The average Bonchev–Trinajstić information content (AvgIpc) is 3.63. The summed E-state index contributed by atoms with van der Waals surface area (Å²) in [5.41, 5.74) is 13.8. The third-order valence-corrected chi connectivity index (χ3v) is 11.7. The van der Waals surface area contributed by atoms with Gasteiger partial charge in [-0.15, -0.1) is 0 Å². The summed E-state index contributed by atoms with van der Waals surface area (Å²) in [6, 6.07) is 55.1. The van der Waals surface area contributed by atoms with Gasteiger partial charge in [-0.25, -0.2) is 0 Å². The van der Waals surface area contributed by atoms with E-state index in [2.05, 4.69) is 159 Å². The average molecular weight is 609 g/mol. The molecule has 0 bridgehead atoms. The molecule has 0 N–H and O–H groups in total. The maximum absolute atomic E-state index is 2.45. The molecule has 11 rings (SSSR count). The summed E-state index contributed by atoms with van der Waals surface area (Å²) in [6.07, 6.45) is 0.970. The highest BCUT2D eigenvalue weighted by molar-refractivity contribution is 6.29. The third-order valence-electron chi connectivity index (χ3n) is 11.7. The van der Waals surface area contributed by atoms with Gasteiger partial charge in [-0.1, -0.05) is 147 Å². The maximum atomic E-state index is 2.45. The highest BCUT2D eigenvalue weighted by Crippen LogP contribution is 2.53. The molecule has 0 fully saturated rings. The third kappa shape index (κ3) is 3.35. The van der Waals surface area contributed by atoms with E-state index in [1.54, 1.807) is 0 Å². The van der Waals surface area contributed by atoms with E-state index in [9.17, 15) is 0 Å². The van der Waals surface area contributed by atoms with Gasteiger partial charge in [-0.3, -0.25) is 0 Å². The van der Waals surface area contributed by atoms with Crippen molar-refractivity contribution in [3.63, 3.8) is 0 Å². The SMILES string of the molecule is CC1(C)c2cc(-c3ccc4c5c(ccc4c3)-c3c(ccc4c6ccccc6c6ccccc6c34)C5)ccc2-c2c1ccc1ccccc21. The number of fused-ring (bicyclic) bond motifs is 17. The lowest BCUT2D eigenvalue weighted by Gasteiger charge is -2.22. The van der Waals surface area contributed by atoms with Gasteiger partial charge in [-0.05, 0) is 128 Å². The lowest BCUT2D eigenvalue weighted by molar-refractivity contribution is 0.661. The van der Waals surface area contributed by atoms with Crippen LogP contribution >= 0.6 is 0 Å². The fourth-order valence-corrected chi connectivity index (χ4v) is 9.37. The van der Waals surface area contributed by atoms with Crippen molar-refractivity contribution >= 4 is 53.9 Å². The van der Waals surface area contributed by atoms with Crippen molar-refractivity contribution in [2.75, 3.05) is 0 Å². The Balaban J connectivity index is 1.07. The van der Waals surface area contributed by atoms with Crippen LogP contribution in [-0.2, 0) is 11.8 Å². The van der Waals surface area contributed by atoms with E-state index in [1.807, 2.05) is 0 Å². The summed E-state index contributed by atoms with van der Waals surface area (Å²) >= 11 is 0. The van der Waals surface area contributed by atoms with E-state index < -0.39 is 0 Å². The minimum Gasteiger partial charge on any atom is -0.0616 e. The van der Waals surface area contributed by atoms with Crippen molar-refractivity contribution in [3.8, 4) is 33.4 Å². The second-order valence-electron chi connectivity index (χ2n) is 14.4. The minimum atomic E-state index is -0.0492. The van der Waals surface area contributed by atoms with Crippen LogP contribution in [0.3, 0.4) is 0 Å². The molecule has 0 saturated carbocycles. The normalized spacial score (nSPS) is 14.1. The molecule has 224 valence electrons. The molecule has 0 unspecified atom stereocenters.